The van der Waals surface area contributed by atoms with Gasteiger partial charge in [-0.1, -0.05) is 32.1 Å². The summed E-state index contributed by atoms with van der Waals surface area (Å²) >= 11 is 1.70. The Morgan fingerprint density at radius 2 is 1.76 bits per heavy atom. The number of rotatable bonds is 1. The highest BCUT2D eigenvalue weighted by Gasteiger charge is 2.26. The molecule has 0 saturated carbocycles. The molecular weight excluding hydrogens is 234 g/mol. The van der Waals surface area contributed by atoms with E-state index in [2.05, 4.69) is 49.7 Å². The minimum atomic E-state index is 0.0828. The van der Waals surface area contributed by atoms with Crippen molar-refractivity contribution in [2.24, 2.45) is 0 Å². The quantitative estimate of drug-likeness (QED) is 0.772. The molecule has 2 unspecified atom stereocenters. The van der Waals surface area contributed by atoms with Gasteiger partial charge in [-0.15, -0.1) is 10.2 Å². The predicted molar refractivity (Wildman–Crippen MR) is 70.8 cm³/mol. The Morgan fingerprint density at radius 3 is 2.24 bits per heavy atom. The molecule has 17 heavy (non-hydrogen) atoms. The van der Waals surface area contributed by atoms with Crippen molar-refractivity contribution >= 4 is 16.5 Å². The molecule has 1 aliphatic heterocycles. The SMILES string of the molecule is CC1CN(c2nnc(C(C)(C)C)s2)CC(C)O1. The van der Waals surface area contributed by atoms with Crippen LogP contribution < -0.4 is 4.90 Å². The molecule has 0 aromatic carbocycles. The highest BCUT2D eigenvalue weighted by molar-refractivity contribution is 7.15. The van der Waals surface area contributed by atoms with E-state index < -0.39 is 0 Å². The van der Waals surface area contributed by atoms with Gasteiger partial charge in [0.25, 0.3) is 0 Å². The second-order valence-corrected chi connectivity index (χ2v) is 6.76. The van der Waals surface area contributed by atoms with Crippen molar-refractivity contribution in [2.75, 3.05) is 18.0 Å². The molecule has 0 aliphatic carbocycles. The van der Waals surface area contributed by atoms with Crippen LogP contribution in [0.2, 0.25) is 0 Å². The van der Waals surface area contributed by atoms with Crippen molar-refractivity contribution in [3.05, 3.63) is 5.01 Å². The number of ether oxygens (including phenoxy) is 1. The Balaban J connectivity index is 2.14. The van der Waals surface area contributed by atoms with Gasteiger partial charge in [0.05, 0.1) is 12.2 Å². The summed E-state index contributed by atoms with van der Waals surface area (Å²) in [7, 11) is 0. The van der Waals surface area contributed by atoms with Crippen LogP contribution in [0.25, 0.3) is 0 Å². The van der Waals surface area contributed by atoms with Gasteiger partial charge in [0.1, 0.15) is 5.01 Å². The van der Waals surface area contributed by atoms with Crippen LogP contribution in [0, 0.1) is 0 Å². The van der Waals surface area contributed by atoms with Gasteiger partial charge >= 0.3 is 0 Å². The van der Waals surface area contributed by atoms with Crippen molar-refractivity contribution in [1.82, 2.24) is 10.2 Å². The molecule has 2 heterocycles. The van der Waals surface area contributed by atoms with Gasteiger partial charge in [0.15, 0.2) is 0 Å². The van der Waals surface area contributed by atoms with Crippen LogP contribution in [0.3, 0.4) is 0 Å². The van der Waals surface area contributed by atoms with Gasteiger partial charge in [-0.3, -0.25) is 0 Å². The van der Waals surface area contributed by atoms with E-state index in [9.17, 15) is 0 Å². The molecule has 2 rings (SSSR count). The van der Waals surface area contributed by atoms with Crippen LogP contribution in [0.1, 0.15) is 39.6 Å². The number of hydrogen-bond donors (Lipinski definition) is 0. The zero-order valence-electron chi connectivity index (χ0n) is 11.2. The minimum absolute atomic E-state index is 0.0828. The fourth-order valence-corrected chi connectivity index (χ4v) is 2.90. The van der Waals surface area contributed by atoms with Gasteiger partial charge in [-0.2, -0.15) is 0 Å². The van der Waals surface area contributed by atoms with Crippen molar-refractivity contribution in [2.45, 2.75) is 52.2 Å². The summed E-state index contributed by atoms with van der Waals surface area (Å²) in [6, 6.07) is 0. The Labute approximate surface area is 107 Å². The average Bonchev–Trinajstić information content (AvgIpc) is 2.63. The molecule has 4 nitrogen and oxygen atoms in total. The first kappa shape index (κ1) is 12.8. The van der Waals surface area contributed by atoms with Crippen molar-refractivity contribution in [1.29, 1.82) is 0 Å². The Morgan fingerprint density at radius 1 is 1.18 bits per heavy atom. The molecule has 1 aromatic rings. The molecule has 0 radical (unpaired) electrons. The number of anilines is 1. The summed E-state index contributed by atoms with van der Waals surface area (Å²) in [5.41, 5.74) is 0.0828. The normalized spacial score (nSPS) is 26.3. The van der Waals surface area contributed by atoms with Crippen LogP contribution in [0.15, 0.2) is 0 Å². The van der Waals surface area contributed by atoms with Crippen molar-refractivity contribution in [3.8, 4) is 0 Å². The summed E-state index contributed by atoms with van der Waals surface area (Å²) < 4.78 is 5.73. The van der Waals surface area contributed by atoms with Crippen LogP contribution in [-0.2, 0) is 10.2 Å². The van der Waals surface area contributed by atoms with Crippen LogP contribution in [0.4, 0.5) is 5.13 Å². The molecule has 0 bridgehead atoms. The fourth-order valence-electron chi connectivity index (χ4n) is 1.98. The molecule has 1 aromatic heterocycles. The van der Waals surface area contributed by atoms with E-state index in [1.807, 2.05) is 0 Å². The van der Waals surface area contributed by atoms with Crippen LogP contribution in [-0.4, -0.2) is 35.5 Å². The molecule has 5 heteroatoms. The summed E-state index contributed by atoms with van der Waals surface area (Å²) in [5.74, 6) is 0. The molecule has 1 fully saturated rings. The van der Waals surface area contributed by atoms with Crippen LogP contribution in [0.5, 0.6) is 0 Å². The van der Waals surface area contributed by atoms with Crippen LogP contribution >= 0.6 is 11.3 Å². The summed E-state index contributed by atoms with van der Waals surface area (Å²) in [4.78, 5) is 2.28. The van der Waals surface area contributed by atoms with E-state index in [-0.39, 0.29) is 17.6 Å². The van der Waals surface area contributed by atoms with E-state index >= 15 is 0 Å². The lowest BCUT2D eigenvalue weighted by molar-refractivity contribution is -0.00526. The first-order valence-electron chi connectivity index (χ1n) is 6.10. The number of aromatic nitrogens is 2. The smallest absolute Gasteiger partial charge is 0.208 e. The minimum Gasteiger partial charge on any atom is -0.372 e. The van der Waals surface area contributed by atoms with Crippen molar-refractivity contribution < 1.29 is 4.74 Å². The predicted octanol–water partition coefficient (Wildman–Crippen LogP) is 2.45. The molecule has 2 atom stereocenters. The number of morpholine rings is 1. The first-order valence-corrected chi connectivity index (χ1v) is 6.92. The average molecular weight is 255 g/mol. The van der Waals surface area contributed by atoms with E-state index in [1.54, 1.807) is 11.3 Å². The third-order valence-corrected chi connectivity index (χ3v) is 4.16. The molecule has 0 amide bonds. The number of hydrogen-bond acceptors (Lipinski definition) is 5. The zero-order chi connectivity index (χ0) is 12.6. The van der Waals surface area contributed by atoms with E-state index in [4.69, 9.17) is 4.74 Å². The van der Waals surface area contributed by atoms with E-state index in [1.165, 1.54) is 0 Å². The van der Waals surface area contributed by atoms with Crippen molar-refractivity contribution in [3.63, 3.8) is 0 Å². The lowest BCUT2D eigenvalue weighted by Gasteiger charge is -2.34. The highest BCUT2D eigenvalue weighted by Crippen LogP contribution is 2.30. The Bertz CT molecular complexity index is 375. The second kappa shape index (κ2) is 4.53. The lowest BCUT2D eigenvalue weighted by Crippen LogP contribution is -2.45. The lowest BCUT2D eigenvalue weighted by atomic mass is 9.98. The second-order valence-electron chi connectivity index (χ2n) is 5.80. The summed E-state index contributed by atoms with van der Waals surface area (Å²) in [6.45, 7) is 12.5. The summed E-state index contributed by atoms with van der Waals surface area (Å²) in [5, 5.41) is 10.7. The van der Waals surface area contributed by atoms with Gasteiger partial charge in [0.2, 0.25) is 5.13 Å². The number of nitrogens with zero attached hydrogens (tertiary/aromatic N) is 3. The maximum atomic E-state index is 5.73. The maximum absolute atomic E-state index is 5.73. The first-order chi connectivity index (χ1) is 7.86. The Kier molecular flexibility index (Phi) is 3.41. The summed E-state index contributed by atoms with van der Waals surface area (Å²) in [6.07, 6.45) is 0.529. The van der Waals surface area contributed by atoms with Gasteiger partial charge < -0.3 is 9.64 Å². The van der Waals surface area contributed by atoms with Gasteiger partial charge in [-0.05, 0) is 13.8 Å². The topological polar surface area (TPSA) is 38.2 Å². The monoisotopic (exact) mass is 255 g/mol. The molecule has 96 valence electrons. The van der Waals surface area contributed by atoms with E-state index in [0.717, 1.165) is 23.2 Å². The van der Waals surface area contributed by atoms with Gasteiger partial charge in [-0.25, -0.2) is 0 Å². The maximum Gasteiger partial charge on any atom is 0.208 e. The standard InChI is InChI=1S/C12H21N3OS/c1-8-6-15(7-9(2)16-8)11-14-13-10(17-11)12(3,4)5/h8-9H,6-7H2,1-5H3. The molecule has 1 aliphatic rings. The van der Waals surface area contributed by atoms with E-state index in [0.29, 0.717) is 0 Å². The third kappa shape index (κ3) is 2.96. The third-order valence-electron chi connectivity index (χ3n) is 2.75. The molecule has 0 N–H and O–H groups in total. The fraction of sp³-hybridized carbons (Fsp3) is 0.833. The Hall–Kier alpha value is -0.680. The van der Waals surface area contributed by atoms with Gasteiger partial charge in [0, 0.05) is 18.5 Å². The molecular formula is C12H21N3OS. The largest absolute Gasteiger partial charge is 0.372 e. The molecule has 0 spiro atoms. The molecule has 1 saturated heterocycles. The highest BCUT2D eigenvalue weighted by atomic mass is 32.1. The zero-order valence-corrected chi connectivity index (χ0v) is 12.0.